The van der Waals surface area contributed by atoms with E-state index < -0.39 is 0 Å². The molecule has 2 aromatic heterocycles. The Balaban J connectivity index is 1.41. The highest BCUT2D eigenvalue weighted by atomic mass is 16.2. The van der Waals surface area contributed by atoms with Gasteiger partial charge in [0.2, 0.25) is 11.7 Å². The van der Waals surface area contributed by atoms with Crippen LogP contribution in [0, 0.1) is 0 Å². The molecule has 0 saturated carbocycles. The number of hydrogen-bond donors (Lipinski definition) is 1. The number of nitrogens with zero attached hydrogens (tertiary/aromatic N) is 6. The van der Waals surface area contributed by atoms with Crippen molar-refractivity contribution in [2.45, 2.75) is 6.54 Å². The molecule has 138 valence electrons. The lowest BCUT2D eigenvalue weighted by atomic mass is 10.2. The lowest BCUT2D eigenvalue weighted by Gasteiger charge is -2.34. The van der Waals surface area contributed by atoms with E-state index in [1.165, 1.54) is 11.0 Å². The summed E-state index contributed by atoms with van der Waals surface area (Å²) < 4.78 is 1.18. The summed E-state index contributed by atoms with van der Waals surface area (Å²) in [4.78, 5) is 44.4. The molecule has 1 aromatic carbocycles. The first-order chi connectivity index (χ1) is 13.1. The van der Waals surface area contributed by atoms with E-state index in [1.54, 1.807) is 34.2 Å². The number of aromatic nitrogens is 5. The monoisotopic (exact) mass is 367 g/mol. The molecule has 4 rings (SSSR count). The summed E-state index contributed by atoms with van der Waals surface area (Å²) in [5.41, 5.74) is -0.291. The summed E-state index contributed by atoms with van der Waals surface area (Å²) >= 11 is 0. The molecule has 3 heterocycles. The van der Waals surface area contributed by atoms with E-state index >= 15 is 0 Å². The van der Waals surface area contributed by atoms with Gasteiger partial charge in [0.15, 0.2) is 0 Å². The average molecular weight is 367 g/mol. The molecule has 1 aliphatic heterocycles. The molecule has 2 amide bonds. The van der Waals surface area contributed by atoms with Gasteiger partial charge < -0.3 is 9.80 Å². The number of aromatic amines is 1. The molecule has 0 radical (unpaired) electrons. The lowest BCUT2D eigenvalue weighted by molar-refractivity contribution is -0.133. The summed E-state index contributed by atoms with van der Waals surface area (Å²) in [6, 6.07) is 7.13. The zero-order valence-electron chi connectivity index (χ0n) is 14.4. The SMILES string of the molecule is O=C(Cn1ncc2ccccc2c1=O)N1CCN(C(=O)c2ncn[nH]2)CC1. The Hall–Kier alpha value is -3.56. The predicted octanol–water partition coefficient (Wildman–Crippen LogP) is -0.501. The van der Waals surface area contributed by atoms with E-state index in [0.717, 1.165) is 5.39 Å². The van der Waals surface area contributed by atoms with Crippen LogP contribution in [0.25, 0.3) is 10.8 Å². The maximum absolute atomic E-state index is 12.6. The maximum Gasteiger partial charge on any atom is 0.291 e. The van der Waals surface area contributed by atoms with Crippen molar-refractivity contribution in [3.05, 3.63) is 53.0 Å². The Morgan fingerprint density at radius 1 is 1.07 bits per heavy atom. The van der Waals surface area contributed by atoms with Crippen LogP contribution in [0.1, 0.15) is 10.6 Å². The molecule has 3 aromatic rings. The van der Waals surface area contributed by atoms with Gasteiger partial charge in [-0.1, -0.05) is 18.2 Å². The number of benzene rings is 1. The van der Waals surface area contributed by atoms with Crippen molar-refractivity contribution in [1.29, 1.82) is 0 Å². The van der Waals surface area contributed by atoms with E-state index in [9.17, 15) is 14.4 Å². The van der Waals surface area contributed by atoms with Crippen molar-refractivity contribution < 1.29 is 9.59 Å². The van der Waals surface area contributed by atoms with Crippen molar-refractivity contribution in [1.82, 2.24) is 34.8 Å². The van der Waals surface area contributed by atoms with Crippen LogP contribution < -0.4 is 5.56 Å². The van der Waals surface area contributed by atoms with Gasteiger partial charge in [-0.15, -0.1) is 0 Å². The fourth-order valence-corrected chi connectivity index (χ4v) is 3.09. The van der Waals surface area contributed by atoms with Gasteiger partial charge in [-0.25, -0.2) is 9.67 Å². The number of amides is 2. The predicted molar refractivity (Wildman–Crippen MR) is 94.9 cm³/mol. The second-order valence-electron chi connectivity index (χ2n) is 6.20. The molecule has 27 heavy (non-hydrogen) atoms. The highest BCUT2D eigenvalue weighted by Gasteiger charge is 2.26. The first-order valence-corrected chi connectivity index (χ1v) is 8.51. The molecule has 0 unspecified atom stereocenters. The number of carbonyl (C=O) groups excluding carboxylic acids is 2. The smallest absolute Gasteiger partial charge is 0.291 e. The summed E-state index contributed by atoms with van der Waals surface area (Å²) in [5.74, 6) is -0.264. The zero-order valence-corrected chi connectivity index (χ0v) is 14.4. The van der Waals surface area contributed by atoms with Gasteiger partial charge in [0.25, 0.3) is 11.5 Å². The largest absolute Gasteiger partial charge is 0.338 e. The molecule has 0 bridgehead atoms. The van der Waals surface area contributed by atoms with Crippen LogP contribution in [0.2, 0.25) is 0 Å². The molecular formula is C17H17N7O3. The fraction of sp³-hybridized carbons (Fsp3) is 0.294. The molecule has 1 saturated heterocycles. The molecule has 0 atom stereocenters. The molecule has 0 aliphatic carbocycles. The lowest BCUT2D eigenvalue weighted by Crippen LogP contribution is -2.51. The minimum absolute atomic E-state index is 0.125. The molecule has 10 heteroatoms. The number of rotatable bonds is 3. The Morgan fingerprint density at radius 2 is 1.81 bits per heavy atom. The summed E-state index contributed by atoms with van der Waals surface area (Å²) in [7, 11) is 0. The summed E-state index contributed by atoms with van der Waals surface area (Å²) in [6.45, 7) is 1.44. The number of carbonyl (C=O) groups is 2. The van der Waals surface area contributed by atoms with Crippen LogP contribution in [-0.2, 0) is 11.3 Å². The zero-order chi connectivity index (χ0) is 18.8. The number of piperazine rings is 1. The highest BCUT2D eigenvalue weighted by Crippen LogP contribution is 2.08. The molecule has 10 nitrogen and oxygen atoms in total. The number of H-pyrrole nitrogens is 1. The Kier molecular flexibility index (Phi) is 4.37. The first kappa shape index (κ1) is 16.9. The molecule has 1 aliphatic rings. The molecule has 1 fully saturated rings. The normalized spacial score (nSPS) is 14.5. The summed E-state index contributed by atoms with van der Waals surface area (Å²) in [6.07, 6.45) is 2.86. The van der Waals surface area contributed by atoms with Crippen LogP contribution in [-0.4, -0.2) is 72.8 Å². The van der Waals surface area contributed by atoms with Crippen LogP contribution in [0.5, 0.6) is 0 Å². The third-order valence-corrected chi connectivity index (χ3v) is 4.58. The number of fused-ring (bicyclic) bond motifs is 1. The van der Waals surface area contributed by atoms with Crippen molar-refractivity contribution in [2.24, 2.45) is 0 Å². The Morgan fingerprint density at radius 3 is 2.56 bits per heavy atom. The third kappa shape index (κ3) is 3.28. The van der Waals surface area contributed by atoms with E-state index in [1.807, 2.05) is 6.07 Å². The molecule has 1 N–H and O–H groups in total. The van der Waals surface area contributed by atoms with Crippen LogP contribution in [0.4, 0.5) is 0 Å². The maximum atomic E-state index is 12.6. The van der Waals surface area contributed by atoms with Crippen LogP contribution in [0.3, 0.4) is 0 Å². The van der Waals surface area contributed by atoms with Gasteiger partial charge in [-0.05, 0) is 6.07 Å². The quantitative estimate of drug-likeness (QED) is 0.667. The van der Waals surface area contributed by atoms with Crippen molar-refractivity contribution in [2.75, 3.05) is 26.2 Å². The minimum Gasteiger partial charge on any atom is -0.338 e. The topological polar surface area (TPSA) is 117 Å². The second kappa shape index (κ2) is 6.98. The standard InChI is InChI=1S/C17H17N7O3/c25-14(10-24-16(26)13-4-2-1-3-12(13)9-20-24)22-5-7-23(8-6-22)17(27)15-18-11-19-21-15/h1-4,9,11H,5-8,10H2,(H,18,19,21). The van der Waals surface area contributed by atoms with Gasteiger partial charge in [0.1, 0.15) is 12.9 Å². The van der Waals surface area contributed by atoms with Crippen molar-refractivity contribution >= 4 is 22.6 Å². The van der Waals surface area contributed by atoms with Gasteiger partial charge in [0, 0.05) is 31.6 Å². The fourth-order valence-electron chi connectivity index (χ4n) is 3.09. The first-order valence-electron chi connectivity index (χ1n) is 8.51. The van der Waals surface area contributed by atoms with Crippen molar-refractivity contribution in [3.8, 4) is 0 Å². The van der Waals surface area contributed by atoms with Crippen LogP contribution in [0.15, 0.2) is 41.6 Å². The van der Waals surface area contributed by atoms with Gasteiger partial charge in [-0.2, -0.15) is 10.2 Å². The van der Waals surface area contributed by atoms with E-state index in [0.29, 0.717) is 31.6 Å². The number of hydrogen-bond acceptors (Lipinski definition) is 6. The third-order valence-electron chi connectivity index (χ3n) is 4.58. The van der Waals surface area contributed by atoms with Crippen molar-refractivity contribution in [3.63, 3.8) is 0 Å². The average Bonchev–Trinajstić information content (AvgIpc) is 3.25. The van der Waals surface area contributed by atoms with E-state index in [2.05, 4.69) is 20.3 Å². The summed E-state index contributed by atoms with van der Waals surface area (Å²) in [5, 5.41) is 11.6. The second-order valence-corrected chi connectivity index (χ2v) is 6.20. The van der Waals surface area contributed by atoms with E-state index in [4.69, 9.17) is 0 Å². The van der Waals surface area contributed by atoms with Gasteiger partial charge in [0.05, 0.1) is 11.6 Å². The Labute approximate surface area is 153 Å². The number of nitrogens with one attached hydrogen (secondary N) is 1. The van der Waals surface area contributed by atoms with Gasteiger partial charge >= 0.3 is 0 Å². The molecular weight excluding hydrogens is 350 g/mol. The Bertz CT molecular complexity index is 1040. The van der Waals surface area contributed by atoms with E-state index in [-0.39, 0.29) is 29.7 Å². The molecule has 0 spiro atoms. The van der Waals surface area contributed by atoms with Gasteiger partial charge in [-0.3, -0.25) is 19.5 Å². The van der Waals surface area contributed by atoms with Crippen LogP contribution >= 0.6 is 0 Å². The highest BCUT2D eigenvalue weighted by molar-refractivity contribution is 5.90. The minimum atomic E-state index is -0.291.